The van der Waals surface area contributed by atoms with Crippen molar-refractivity contribution in [1.29, 1.82) is 0 Å². The van der Waals surface area contributed by atoms with Gasteiger partial charge in [0.05, 0.1) is 0 Å². The van der Waals surface area contributed by atoms with Gasteiger partial charge in [0.1, 0.15) is 0 Å². The van der Waals surface area contributed by atoms with Gasteiger partial charge >= 0.3 is 0 Å². The van der Waals surface area contributed by atoms with Crippen LogP contribution in [0.5, 0.6) is 0 Å². The summed E-state index contributed by atoms with van der Waals surface area (Å²) < 4.78 is 0. The third kappa shape index (κ3) is 2.74. The normalized spacial score (nSPS) is 44.3. The summed E-state index contributed by atoms with van der Waals surface area (Å²) in [6.45, 7) is 11.2. The Morgan fingerprint density at radius 2 is 1.75 bits per heavy atom. The van der Waals surface area contributed by atoms with E-state index >= 15 is 0 Å². The summed E-state index contributed by atoms with van der Waals surface area (Å²) in [6, 6.07) is 0.610. The highest BCUT2D eigenvalue weighted by Gasteiger charge is 2.45. The van der Waals surface area contributed by atoms with E-state index in [0.29, 0.717) is 17.9 Å². The molecule has 2 aliphatic carbocycles. The molecule has 6 atom stereocenters. The summed E-state index contributed by atoms with van der Waals surface area (Å²) in [7, 11) is 0. The number of hydrogen-bond donors (Lipinski definition) is 2. The Balaban J connectivity index is 2.02. The van der Waals surface area contributed by atoms with Gasteiger partial charge < -0.3 is 11.1 Å². The van der Waals surface area contributed by atoms with Crippen molar-refractivity contribution in [1.82, 2.24) is 5.32 Å². The number of nitrogens with one attached hydrogen (secondary N) is 1. The first kappa shape index (κ1) is 15.8. The number of carbonyl (C=O) groups is 1. The molecule has 116 valence electrons. The molecular weight excluding hydrogens is 248 g/mol. The van der Waals surface area contributed by atoms with Gasteiger partial charge in [-0.25, -0.2) is 0 Å². The van der Waals surface area contributed by atoms with Crippen molar-refractivity contribution in [3.63, 3.8) is 0 Å². The van der Waals surface area contributed by atoms with Crippen LogP contribution in [0.25, 0.3) is 0 Å². The van der Waals surface area contributed by atoms with Crippen LogP contribution in [0.4, 0.5) is 0 Å². The Bertz CT molecular complexity index is 366. The minimum absolute atomic E-state index is 0.00475. The smallest absolute Gasteiger partial charge is 0.223 e. The van der Waals surface area contributed by atoms with E-state index in [1.807, 2.05) is 0 Å². The molecule has 0 radical (unpaired) electrons. The highest BCUT2D eigenvalue weighted by atomic mass is 16.2. The second-order valence-electron chi connectivity index (χ2n) is 7.93. The largest absolute Gasteiger partial charge is 0.353 e. The molecule has 6 unspecified atom stereocenters. The summed E-state index contributed by atoms with van der Waals surface area (Å²) in [5, 5.41) is 3.34. The van der Waals surface area contributed by atoms with E-state index in [-0.39, 0.29) is 23.3 Å². The summed E-state index contributed by atoms with van der Waals surface area (Å²) >= 11 is 0. The van der Waals surface area contributed by atoms with Gasteiger partial charge in [0.25, 0.3) is 0 Å². The molecule has 2 saturated carbocycles. The average molecular weight is 280 g/mol. The molecule has 1 amide bonds. The second kappa shape index (κ2) is 5.67. The van der Waals surface area contributed by atoms with Crippen molar-refractivity contribution in [2.45, 2.75) is 72.4 Å². The van der Waals surface area contributed by atoms with E-state index in [0.717, 1.165) is 25.2 Å². The average Bonchev–Trinajstić information content (AvgIpc) is 2.68. The zero-order chi connectivity index (χ0) is 15.1. The lowest BCUT2D eigenvalue weighted by Crippen LogP contribution is -2.53. The van der Waals surface area contributed by atoms with Crippen molar-refractivity contribution in [3.8, 4) is 0 Å². The Hall–Kier alpha value is -0.570. The van der Waals surface area contributed by atoms with Crippen molar-refractivity contribution in [2.75, 3.05) is 0 Å². The summed E-state index contributed by atoms with van der Waals surface area (Å²) in [6.07, 6.45) is 4.28. The lowest BCUT2D eigenvalue weighted by atomic mass is 9.61. The van der Waals surface area contributed by atoms with Gasteiger partial charge in [-0.05, 0) is 48.9 Å². The van der Waals surface area contributed by atoms with Crippen LogP contribution in [-0.2, 0) is 4.79 Å². The molecule has 0 saturated heterocycles. The molecule has 0 aromatic heterocycles. The van der Waals surface area contributed by atoms with Gasteiger partial charge in [-0.3, -0.25) is 4.79 Å². The Kier molecular flexibility index (Phi) is 4.48. The Labute approximate surface area is 124 Å². The van der Waals surface area contributed by atoms with Crippen LogP contribution in [0.3, 0.4) is 0 Å². The molecular formula is C17H32N2O. The highest BCUT2D eigenvalue weighted by molar-refractivity contribution is 5.80. The fourth-order valence-corrected chi connectivity index (χ4v) is 4.17. The van der Waals surface area contributed by atoms with Crippen molar-refractivity contribution < 1.29 is 4.79 Å². The standard InChI is InChI=1S/C17H32N2O/c1-10-6-9-15(11(10)2)19-16(20)13-7-8-14(18)12(3)17(13,4)5/h10-15H,6-9,18H2,1-5H3,(H,19,20). The van der Waals surface area contributed by atoms with Crippen LogP contribution < -0.4 is 11.1 Å². The molecule has 3 nitrogen and oxygen atoms in total. The van der Waals surface area contributed by atoms with E-state index < -0.39 is 0 Å². The fraction of sp³-hybridized carbons (Fsp3) is 0.941. The number of amides is 1. The SMILES string of the molecule is CC1CCC(NC(=O)C2CCC(N)C(C)C2(C)C)C1C. The first-order valence-corrected chi connectivity index (χ1v) is 8.31. The highest BCUT2D eigenvalue weighted by Crippen LogP contribution is 2.44. The summed E-state index contributed by atoms with van der Waals surface area (Å²) in [5.74, 6) is 2.10. The van der Waals surface area contributed by atoms with E-state index in [4.69, 9.17) is 5.73 Å². The third-order valence-corrected chi connectivity index (χ3v) is 6.61. The lowest BCUT2D eigenvalue weighted by Gasteiger charge is -2.46. The number of rotatable bonds is 2. The topological polar surface area (TPSA) is 55.1 Å². The zero-order valence-corrected chi connectivity index (χ0v) is 13.8. The molecule has 0 spiro atoms. The second-order valence-corrected chi connectivity index (χ2v) is 7.93. The van der Waals surface area contributed by atoms with Crippen LogP contribution >= 0.6 is 0 Å². The maximum absolute atomic E-state index is 12.7. The monoisotopic (exact) mass is 280 g/mol. The van der Waals surface area contributed by atoms with Crippen LogP contribution in [-0.4, -0.2) is 18.0 Å². The molecule has 20 heavy (non-hydrogen) atoms. The minimum Gasteiger partial charge on any atom is -0.353 e. The maximum atomic E-state index is 12.7. The molecule has 0 heterocycles. The van der Waals surface area contributed by atoms with Crippen LogP contribution in [0, 0.1) is 29.1 Å². The van der Waals surface area contributed by atoms with Crippen molar-refractivity contribution in [2.24, 2.45) is 34.8 Å². The number of nitrogens with two attached hydrogens (primary N) is 1. The van der Waals surface area contributed by atoms with Crippen molar-refractivity contribution >= 4 is 5.91 Å². The van der Waals surface area contributed by atoms with Crippen LogP contribution in [0.1, 0.15) is 60.3 Å². The van der Waals surface area contributed by atoms with E-state index in [1.54, 1.807) is 0 Å². The van der Waals surface area contributed by atoms with E-state index in [9.17, 15) is 4.79 Å². The maximum Gasteiger partial charge on any atom is 0.223 e. The predicted molar refractivity (Wildman–Crippen MR) is 83.1 cm³/mol. The molecule has 0 aromatic rings. The van der Waals surface area contributed by atoms with Crippen molar-refractivity contribution in [3.05, 3.63) is 0 Å². The molecule has 3 N–H and O–H groups in total. The predicted octanol–water partition coefficient (Wildman–Crippen LogP) is 2.94. The molecule has 3 heteroatoms. The number of hydrogen-bond acceptors (Lipinski definition) is 2. The first-order valence-electron chi connectivity index (χ1n) is 8.31. The first-order chi connectivity index (χ1) is 9.25. The van der Waals surface area contributed by atoms with Gasteiger partial charge in [-0.1, -0.05) is 34.6 Å². The fourth-order valence-electron chi connectivity index (χ4n) is 4.17. The molecule has 0 aliphatic heterocycles. The summed E-state index contributed by atoms with van der Waals surface area (Å²) in [5.41, 5.74) is 6.18. The van der Waals surface area contributed by atoms with Gasteiger partial charge in [0.15, 0.2) is 0 Å². The zero-order valence-electron chi connectivity index (χ0n) is 13.8. The Morgan fingerprint density at radius 3 is 2.30 bits per heavy atom. The quantitative estimate of drug-likeness (QED) is 0.817. The molecule has 0 bridgehead atoms. The molecule has 2 fully saturated rings. The molecule has 0 aromatic carbocycles. The van der Waals surface area contributed by atoms with Crippen LogP contribution in [0.2, 0.25) is 0 Å². The minimum atomic E-state index is -0.00475. The number of carbonyl (C=O) groups excluding carboxylic acids is 1. The van der Waals surface area contributed by atoms with E-state index in [2.05, 4.69) is 39.9 Å². The van der Waals surface area contributed by atoms with Gasteiger partial charge in [-0.2, -0.15) is 0 Å². The van der Waals surface area contributed by atoms with Gasteiger partial charge in [0, 0.05) is 18.0 Å². The van der Waals surface area contributed by atoms with Gasteiger partial charge in [-0.15, -0.1) is 0 Å². The molecule has 2 aliphatic rings. The van der Waals surface area contributed by atoms with Crippen LogP contribution in [0.15, 0.2) is 0 Å². The molecule has 2 rings (SSSR count). The lowest BCUT2D eigenvalue weighted by molar-refractivity contribution is -0.133. The van der Waals surface area contributed by atoms with E-state index in [1.165, 1.54) is 6.42 Å². The van der Waals surface area contributed by atoms with Gasteiger partial charge in [0.2, 0.25) is 5.91 Å². The summed E-state index contributed by atoms with van der Waals surface area (Å²) in [4.78, 5) is 12.7. The third-order valence-electron chi connectivity index (χ3n) is 6.61. The Morgan fingerprint density at radius 1 is 1.10 bits per heavy atom.